The molecule has 0 bridgehead atoms. The number of hydrogen-bond donors (Lipinski definition) is 1. The van der Waals surface area contributed by atoms with Crippen molar-refractivity contribution in [2.45, 2.75) is 19.8 Å². The molecule has 4 heteroatoms. The number of methoxy groups -OCH3 is 1. The van der Waals surface area contributed by atoms with Crippen LogP contribution in [0.25, 0.3) is 0 Å². The molecule has 0 aliphatic carbocycles. The first-order valence-electron chi connectivity index (χ1n) is 3.57. The molecule has 0 aliphatic heterocycles. The summed E-state index contributed by atoms with van der Waals surface area (Å²) >= 11 is 0. The Bertz CT molecular complexity index is 237. The van der Waals surface area contributed by atoms with Crippen molar-refractivity contribution in [1.29, 1.82) is 5.26 Å². The van der Waals surface area contributed by atoms with Gasteiger partial charge in [-0.15, -0.1) is 0 Å². The van der Waals surface area contributed by atoms with Gasteiger partial charge in [-0.05, 0) is 6.42 Å². The van der Waals surface area contributed by atoms with Crippen LogP contribution in [-0.2, 0) is 9.53 Å². The number of ether oxygens (including phenoxy) is 1. The van der Waals surface area contributed by atoms with Gasteiger partial charge in [0.1, 0.15) is 11.8 Å². The van der Waals surface area contributed by atoms with Crippen molar-refractivity contribution in [2.75, 3.05) is 7.11 Å². The van der Waals surface area contributed by atoms with E-state index in [1.165, 1.54) is 7.11 Å². The summed E-state index contributed by atoms with van der Waals surface area (Å²) in [7, 11) is 1.37. The lowest BCUT2D eigenvalue weighted by atomic mass is 10.2. The minimum atomic E-state index is -1.23. The van der Waals surface area contributed by atoms with E-state index in [2.05, 4.69) is 0 Å². The Morgan fingerprint density at radius 3 is 2.50 bits per heavy atom. The Morgan fingerprint density at radius 2 is 2.25 bits per heavy atom. The molecule has 0 rings (SSSR count). The van der Waals surface area contributed by atoms with Crippen LogP contribution in [0.15, 0.2) is 11.3 Å². The highest BCUT2D eigenvalue weighted by Crippen LogP contribution is 2.11. The summed E-state index contributed by atoms with van der Waals surface area (Å²) in [5.74, 6) is -0.990. The molecule has 0 aromatic rings. The molecule has 0 atom stereocenters. The lowest BCUT2D eigenvalue weighted by Crippen LogP contribution is -2.04. The van der Waals surface area contributed by atoms with Crippen molar-refractivity contribution in [3.05, 3.63) is 11.3 Å². The molecule has 0 radical (unpaired) electrons. The van der Waals surface area contributed by atoms with Crippen LogP contribution in [-0.4, -0.2) is 18.2 Å². The van der Waals surface area contributed by atoms with E-state index in [-0.39, 0.29) is 11.3 Å². The topological polar surface area (TPSA) is 70.3 Å². The van der Waals surface area contributed by atoms with Gasteiger partial charge >= 0.3 is 5.97 Å². The van der Waals surface area contributed by atoms with Crippen LogP contribution in [0.4, 0.5) is 0 Å². The van der Waals surface area contributed by atoms with Crippen molar-refractivity contribution < 1.29 is 14.6 Å². The second-order valence-electron chi connectivity index (χ2n) is 2.17. The molecule has 0 amide bonds. The van der Waals surface area contributed by atoms with E-state index in [1.54, 1.807) is 6.07 Å². The van der Waals surface area contributed by atoms with E-state index < -0.39 is 5.97 Å². The van der Waals surface area contributed by atoms with Crippen molar-refractivity contribution in [2.24, 2.45) is 0 Å². The predicted molar refractivity (Wildman–Crippen MR) is 42.2 cm³/mol. The number of rotatable bonds is 4. The molecule has 0 aromatic carbocycles. The first-order chi connectivity index (χ1) is 5.67. The van der Waals surface area contributed by atoms with E-state index in [9.17, 15) is 4.79 Å². The SMILES string of the molecule is CCC/C(OC)=C(\C#N)C(=O)O. The van der Waals surface area contributed by atoms with Crippen LogP contribution in [0, 0.1) is 11.3 Å². The number of nitrogens with zero attached hydrogens (tertiary/aromatic N) is 1. The molecule has 0 unspecified atom stereocenters. The average Bonchev–Trinajstić information content (AvgIpc) is 2.03. The van der Waals surface area contributed by atoms with Gasteiger partial charge in [0.25, 0.3) is 0 Å². The Morgan fingerprint density at radius 1 is 1.67 bits per heavy atom. The third-order valence-electron chi connectivity index (χ3n) is 1.33. The number of carboxylic acid groups (broad SMARTS) is 1. The van der Waals surface area contributed by atoms with Gasteiger partial charge < -0.3 is 9.84 Å². The number of aliphatic carboxylic acids is 1. The van der Waals surface area contributed by atoms with Crippen LogP contribution >= 0.6 is 0 Å². The van der Waals surface area contributed by atoms with Gasteiger partial charge in [0.05, 0.1) is 7.11 Å². The maximum atomic E-state index is 10.4. The fraction of sp³-hybridized carbons (Fsp3) is 0.500. The second-order valence-corrected chi connectivity index (χ2v) is 2.17. The maximum Gasteiger partial charge on any atom is 0.349 e. The van der Waals surface area contributed by atoms with Gasteiger partial charge in [0, 0.05) is 6.42 Å². The molecule has 12 heavy (non-hydrogen) atoms. The number of nitriles is 1. The van der Waals surface area contributed by atoms with E-state index in [0.717, 1.165) is 6.42 Å². The number of carboxylic acids is 1. The van der Waals surface area contributed by atoms with E-state index in [0.29, 0.717) is 6.42 Å². The standard InChI is InChI=1S/C8H11NO3/c1-3-4-7(12-2)6(5-9)8(10)11/h3-4H2,1-2H3,(H,10,11)/b7-6-. The summed E-state index contributed by atoms with van der Waals surface area (Å²) in [5.41, 5.74) is -0.306. The zero-order valence-electron chi connectivity index (χ0n) is 7.13. The van der Waals surface area contributed by atoms with E-state index in [4.69, 9.17) is 15.1 Å². The first-order valence-corrected chi connectivity index (χ1v) is 3.57. The molecular formula is C8H11NO3. The smallest absolute Gasteiger partial charge is 0.349 e. The van der Waals surface area contributed by atoms with E-state index in [1.807, 2.05) is 6.92 Å². The molecule has 4 nitrogen and oxygen atoms in total. The molecule has 0 spiro atoms. The van der Waals surface area contributed by atoms with Gasteiger partial charge in [0.15, 0.2) is 5.57 Å². The van der Waals surface area contributed by atoms with Crippen molar-refractivity contribution in [3.63, 3.8) is 0 Å². The summed E-state index contributed by atoms with van der Waals surface area (Å²) in [4.78, 5) is 10.4. The summed E-state index contributed by atoms with van der Waals surface area (Å²) in [6.07, 6.45) is 1.23. The van der Waals surface area contributed by atoms with Crippen LogP contribution in [0.5, 0.6) is 0 Å². The highest BCUT2D eigenvalue weighted by Gasteiger charge is 2.13. The number of allylic oxidation sites excluding steroid dienone is 1. The molecule has 0 saturated carbocycles. The largest absolute Gasteiger partial charge is 0.499 e. The van der Waals surface area contributed by atoms with Crippen molar-refractivity contribution in [3.8, 4) is 6.07 Å². The summed E-state index contributed by atoms with van der Waals surface area (Å²) in [6, 6.07) is 1.59. The van der Waals surface area contributed by atoms with Crippen LogP contribution in [0.2, 0.25) is 0 Å². The minimum Gasteiger partial charge on any atom is -0.499 e. The maximum absolute atomic E-state index is 10.4. The van der Waals surface area contributed by atoms with Gasteiger partial charge in [-0.3, -0.25) is 0 Å². The molecule has 0 saturated heterocycles. The Hall–Kier alpha value is -1.50. The van der Waals surface area contributed by atoms with Crippen LogP contribution < -0.4 is 0 Å². The Kier molecular flexibility index (Phi) is 4.54. The number of carbonyl (C=O) groups is 1. The van der Waals surface area contributed by atoms with Gasteiger partial charge in [-0.25, -0.2) is 4.79 Å². The molecule has 66 valence electrons. The lowest BCUT2D eigenvalue weighted by molar-refractivity contribution is -0.132. The zero-order chi connectivity index (χ0) is 9.56. The molecule has 0 aromatic heterocycles. The summed E-state index contributed by atoms with van der Waals surface area (Å²) < 4.78 is 4.78. The average molecular weight is 169 g/mol. The fourth-order valence-corrected chi connectivity index (χ4v) is 0.786. The normalized spacial score (nSPS) is 11.4. The first kappa shape index (κ1) is 10.5. The predicted octanol–water partition coefficient (Wildman–Crippen LogP) is 1.30. The quantitative estimate of drug-likeness (QED) is 0.391. The molecule has 1 N–H and O–H groups in total. The summed E-state index contributed by atoms with van der Waals surface area (Å²) in [5, 5.41) is 17.0. The monoisotopic (exact) mass is 169 g/mol. The lowest BCUT2D eigenvalue weighted by Gasteiger charge is -2.04. The van der Waals surface area contributed by atoms with Gasteiger partial charge in [0.2, 0.25) is 0 Å². The second kappa shape index (κ2) is 5.19. The fourth-order valence-electron chi connectivity index (χ4n) is 0.786. The summed E-state index contributed by atoms with van der Waals surface area (Å²) in [6.45, 7) is 1.88. The molecule has 0 heterocycles. The van der Waals surface area contributed by atoms with Gasteiger partial charge in [-0.2, -0.15) is 5.26 Å². The highest BCUT2D eigenvalue weighted by molar-refractivity contribution is 5.91. The third kappa shape index (κ3) is 2.62. The van der Waals surface area contributed by atoms with Gasteiger partial charge in [-0.1, -0.05) is 6.92 Å². The Labute approximate surface area is 71.1 Å². The van der Waals surface area contributed by atoms with E-state index >= 15 is 0 Å². The molecular weight excluding hydrogens is 158 g/mol. The van der Waals surface area contributed by atoms with Crippen LogP contribution in [0.1, 0.15) is 19.8 Å². The molecule has 0 aliphatic rings. The zero-order valence-corrected chi connectivity index (χ0v) is 7.13. The number of hydrogen-bond acceptors (Lipinski definition) is 3. The highest BCUT2D eigenvalue weighted by atomic mass is 16.5. The molecule has 0 fully saturated rings. The van der Waals surface area contributed by atoms with Crippen molar-refractivity contribution in [1.82, 2.24) is 0 Å². The van der Waals surface area contributed by atoms with Crippen molar-refractivity contribution >= 4 is 5.97 Å². The Balaban J connectivity index is 4.77. The third-order valence-corrected chi connectivity index (χ3v) is 1.33. The van der Waals surface area contributed by atoms with Crippen LogP contribution in [0.3, 0.4) is 0 Å². The minimum absolute atomic E-state index is 0.243.